The van der Waals surface area contributed by atoms with Crippen molar-refractivity contribution in [3.05, 3.63) is 108 Å². The van der Waals surface area contributed by atoms with Gasteiger partial charge in [-0.1, -0.05) is 49.5 Å². The number of pyridine rings is 1. The van der Waals surface area contributed by atoms with Crippen molar-refractivity contribution in [3.8, 4) is 0 Å². The van der Waals surface area contributed by atoms with Crippen LogP contribution in [0.5, 0.6) is 0 Å². The predicted octanol–water partition coefficient (Wildman–Crippen LogP) is 9.56. The molecular weight excluding hydrogens is 754 g/mol. The number of piperidine rings is 2. The Balaban J connectivity index is 0.899. The largest absolute Gasteiger partial charge is 0.367 e. The van der Waals surface area contributed by atoms with Gasteiger partial charge < -0.3 is 25.3 Å². The van der Waals surface area contributed by atoms with Crippen molar-refractivity contribution in [1.82, 2.24) is 34.9 Å². The van der Waals surface area contributed by atoms with Crippen LogP contribution in [0.1, 0.15) is 83.4 Å². The molecule has 2 N–H and O–H groups in total. The molecule has 0 bridgehead atoms. The molecule has 0 saturated carbocycles. The second-order valence-electron chi connectivity index (χ2n) is 17.3. The summed E-state index contributed by atoms with van der Waals surface area (Å²) in [6, 6.07) is 9.87. The van der Waals surface area contributed by atoms with Gasteiger partial charge >= 0.3 is 0 Å². The molecule has 3 atom stereocenters. The minimum atomic E-state index is 0.181. The summed E-state index contributed by atoms with van der Waals surface area (Å²) in [7, 11) is 2.08. The lowest BCUT2D eigenvalue weighted by atomic mass is 9.90. The van der Waals surface area contributed by atoms with Crippen LogP contribution in [0.2, 0.25) is 5.02 Å². The first-order chi connectivity index (χ1) is 28.4. The van der Waals surface area contributed by atoms with Gasteiger partial charge in [0.25, 0.3) is 0 Å². The van der Waals surface area contributed by atoms with Gasteiger partial charge in [0.05, 0.1) is 35.0 Å². The van der Waals surface area contributed by atoms with Crippen molar-refractivity contribution < 1.29 is 0 Å². The summed E-state index contributed by atoms with van der Waals surface area (Å²) in [5.41, 5.74) is 9.67. The molecule has 310 valence electrons. The molecule has 3 aromatic heterocycles. The van der Waals surface area contributed by atoms with Crippen molar-refractivity contribution >= 4 is 57.5 Å². The smallest absolute Gasteiger partial charge is 0.227 e. The van der Waals surface area contributed by atoms with Crippen LogP contribution in [0.15, 0.2) is 91.7 Å². The Morgan fingerprint density at radius 2 is 1.78 bits per heavy atom. The number of aryl methyl sites for hydroxylation is 1. The number of nitrogens with one attached hydrogen (secondary N) is 2. The summed E-state index contributed by atoms with van der Waals surface area (Å²) in [6.45, 7) is 30.7. The number of hydrogen-bond donors (Lipinski definition) is 2. The molecule has 0 radical (unpaired) electrons. The highest BCUT2D eigenvalue weighted by Gasteiger charge is 2.35. The third-order valence-corrected chi connectivity index (χ3v) is 13.0. The van der Waals surface area contributed by atoms with Crippen LogP contribution in [0.4, 0.5) is 29.0 Å². The number of allylic oxidation sites excluding steroid dienone is 4. The van der Waals surface area contributed by atoms with Gasteiger partial charge in [-0.15, -0.1) is 6.58 Å². The van der Waals surface area contributed by atoms with E-state index in [1.54, 1.807) is 6.20 Å². The molecule has 11 nitrogen and oxygen atoms in total. The zero-order valence-corrected chi connectivity index (χ0v) is 36.3. The number of para-hydroxylation sites is 1. The van der Waals surface area contributed by atoms with E-state index >= 15 is 0 Å². The van der Waals surface area contributed by atoms with E-state index in [1.807, 2.05) is 12.3 Å². The first-order valence-corrected chi connectivity index (χ1v) is 21.7. The van der Waals surface area contributed by atoms with Gasteiger partial charge in [-0.25, -0.2) is 9.97 Å². The molecule has 0 spiro atoms. The topological polar surface area (TPSA) is 93.5 Å². The van der Waals surface area contributed by atoms with Crippen molar-refractivity contribution in [3.63, 3.8) is 0 Å². The number of hydrogen-bond acceptors (Lipinski definition) is 10. The summed E-state index contributed by atoms with van der Waals surface area (Å²) < 4.78 is 2.08. The lowest BCUT2D eigenvalue weighted by molar-refractivity contribution is 0.102. The van der Waals surface area contributed by atoms with Crippen LogP contribution >= 0.6 is 11.6 Å². The minimum Gasteiger partial charge on any atom is -0.367 e. The maximum atomic E-state index is 6.69. The van der Waals surface area contributed by atoms with Crippen molar-refractivity contribution in [2.45, 2.75) is 90.3 Å². The van der Waals surface area contributed by atoms with Crippen LogP contribution in [-0.4, -0.2) is 80.5 Å². The first kappa shape index (κ1) is 40.6. The van der Waals surface area contributed by atoms with E-state index in [4.69, 9.17) is 26.7 Å². The lowest BCUT2D eigenvalue weighted by Crippen LogP contribution is -2.58. The molecule has 0 amide bonds. The highest BCUT2D eigenvalue weighted by Crippen LogP contribution is 2.40. The highest BCUT2D eigenvalue weighted by molar-refractivity contribution is 6.32. The fraction of sp³-hybridized carbons (Fsp3) is 0.447. The Labute approximate surface area is 355 Å². The molecule has 3 saturated heterocycles. The number of halogens is 1. The minimum absolute atomic E-state index is 0.181. The van der Waals surface area contributed by atoms with E-state index in [-0.39, 0.29) is 12.0 Å². The second kappa shape index (κ2) is 16.9. The molecule has 12 heteroatoms. The number of piperazine rings is 1. The van der Waals surface area contributed by atoms with E-state index in [0.717, 1.165) is 111 Å². The maximum Gasteiger partial charge on any atom is 0.227 e. The normalized spacial score (nSPS) is 21.9. The standard InChI is InChI=1S/C47H60ClN11/c1-10-11-13-36-22-37-23-38(24-49-46(37)59(29(2)3)34(36)8)52-45-41(48)25-50-47(53-45)56-20-18-35(19-21-56)28-58-31(5)26-57(27-32(58)6)42-15-12-14-40-43(54-55(9)44(40)42)39-17-16-30(4)51-33(39)7/h10,12,14-15,22-25,29,31-32,35,39,51H,1,4,7-8,11,13,16-21,26-28H2,2-3,5-6,9H3,(H,50,52,53)/t31-,32?,39?/m0/s1. The molecule has 8 rings (SSSR count). The molecular formula is C47H60ClN11. The molecule has 7 heterocycles. The number of rotatable bonds is 11. The Morgan fingerprint density at radius 3 is 2.49 bits per heavy atom. The second-order valence-corrected chi connectivity index (χ2v) is 17.7. The number of anilines is 5. The molecule has 3 fully saturated rings. The van der Waals surface area contributed by atoms with Gasteiger partial charge in [-0.05, 0) is 95.9 Å². The van der Waals surface area contributed by atoms with Crippen LogP contribution in [0, 0.1) is 5.92 Å². The third kappa shape index (κ3) is 8.11. The van der Waals surface area contributed by atoms with Gasteiger partial charge in [0.1, 0.15) is 10.8 Å². The van der Waals surface area contributed by atoms with E-state index in [0.29, 0.717) is 34.8 Å². The van der Waals surface area contributed by atoms with Crippen LogP contribution in [0.25, 0.3) is 17.0 Å². The summed E-state index contributed by atoms with van der Waals surface area (Å²) in [4.78, 5) is 24.3. The number of aromatic nitrogens is 5. The molecule has 0 aliphatic carbocycles. The van der Waals surface area contributed by atoms with Crippen molar-refractivity contribution in [2.75, 3.05) is 52.7 Å². The first-order valence-electron chi connectivity index (χ1n) is 21.3. The lowest BCUT2D eigenvalue weighted by Gasteiger charge is -2.47. The van der Waals surface area contributed by atoms with E-state index in [2.05, 4.69) is 131 Å². The molecule has 4 aromatic rings. The Kier molecular flexibility index (Phi) is 11.6. The number of nitrogens with zero attached hydrogens (tertiary/aromatic N) is 9. The van der Waals surface area contributed by atoms with E-state index in [9.17, 15) is 0 Å². The maximum absolute atomic E-state index is 6.69. The van der Waals surface area contributed by atoms with Gasteiger partial charge in [-0.3, -0.25) is 9.58 Å². The molecule has 1 aromatic carbocycles. The number of benzene rings is 1. The summed E-state index contributed by atoms with van der Waals surface area (Å²) in [5.74, 6) is 2.98. The van der Waals surface area contributed by atoms with Gasteiger partial charge in [-0.2, -0.15) is 10.1 Å². The van der Waals surface area contributed by atoms with Crippen LogP contribution in [0.3, 0.4) is 0 Å². The third-order valence-electron chi connectivity index (χ3n) is 12.7. The molecule has 2 unspecified atom stereocenters. The Bertz CT molecular complexity index is 2290. The van der Waals surface area contributed by atoms with Crippen molar-refractivity contribution in [1.29, 1.82) is 0 Å². The fourth-order valence-corrected chi connectivity index (χ4v) is 9.86. The fourth-order valence-electron chi connectivity index (χ4n) is 9.72. The average Bonchev–Trinajstić information content (AvgIpc) is 3.55. The zero-order chi connectivity index (χ0) is 41.5. The zero-order valence-electron chi connectivity index (χ0n) is 35.5. The van der Waals surface area contributed by atoms with E-state index < -0.39 is 0 Å². The van der Waals surface area contributed by atoms with E-state index in [1.165, 1.54) is 22.2 Å². The predicted molar refractivity (Wildman–Crippen MR) is 246 cm³/mol. The van der Waals surface area contributed by atoms with Gasteiger partial charge in [0.15, 0.2) is 5.82 Å². The SMILES string of the molecule is C=CCCC1=Cc2cc(Nc3nc(N4CCC(CN5C(C)CN(c6cccc7c(C8CCC(=C)NC8=C)nn(C)c67)C[C@@H]5C)CC4)ncc3Cl)cnc2N(C(C)C)C1=C. The average molecular weight is 815 g/mol. The van der Waals surface area contributed by atoms with Crippen LogP contribution in [-0.2, 0) is 7.05 Å². The van der Waals surface area contributed by atoms with Crippen LogP contribution < -0.4 is 25.3 Å². The quantitative estimate of drug-likeness (QED) is 0.143. The van der Waals surface area contributed by atoms with Gasteiger partial charge in [0, 0.05) is 91.9 Å². The molecule has 4 aliphatic rings. The molecule has 4 aliphatic heterocycles. The Morgan fingerprint density at radius 1 is 1.02 bits per heavy atom. The summed E-state index contributed by atoms with van der Waals surface area (Å²) in [5, 5.41) is 13.6. The molecule has 59 heavy (non-hydrogen) atoms. The summed E-state index contributed by atoms with van der Waals surface area (Å²) in [6.07, 6.45) is 13.6. The summed E-state index contributed by atoms with van der Waals surface area (Å²) >= 11 is 6.69. The number of fused-ring (bicyclic) bond motifs is 2. The van der Waals surface area contributed by atoms with Crippen molar-refractivity contribution in [2.24, 2.45) is 13.0 Å². The Hall–Kier alpha value is -5.13. The monoisotopic (exact) mass is 813 g/mol. The van der Waals surface area contributed by atoms with Gasteiger partial charge in [0.2, 0.25) is 5.95 Å². The highest BCUT2D eigenvalue weighted by atomic mass is 35.5.